The molecule has 2 aromatic rings. The van der Waals surface area contributed by atoms with E-state index in [1.54, 1.807) is 27.7 Å². The number of carbonyl (C=O) groups is 2. The van der Waals surface area contributed by atoms with Gasteiger partial charge < -0.3 is 14.8 Å². The second-order valence-corrected chi connectivity index (χ2v) is 9.05. The van der Waals surface area contributed by atoms with Crippen molar-refractivity contribution in [1.82, 2.24) is 19.9 Å². The van der Waals surface area contributed by atoms with Gasteiger partial charge in [0.2, 0.25) is 0 Å². The number of amides is 1. The third kappa shape index (κ3) is 6.12. The number of esters is 1. The molecule has 0 spiro atoms. The predicted molar refractivity (Wildman–Crippen MR) is 122 cm³/mol. The summed E-state index contributed by atoms with van der Waals surface area (Å²) < 4.78 is 11.5. The zero-order chi connectivity index (χ0) is 25.0. The third-order valence-corrected chi connectivity index (χ3v) is 5.22. The van der Waals surface area contributed by atoms with Crippen LogP contribution in [0, 0.1) is 6.92 Å². The summed E-state index contributed by atoms with van der Waals surface area (Å²) in [6.45, 7) is 6.97. The first-order valence-corrected chi connectivity index (χ1v) is 10.8. The lowest BCUT2D eigenvalue weighted by Crippen LogP contribution is -2.54. The van der Waals surface area contributed by atoms with Gasteiger partial charge in [-0.2, -0.15) is 5.06 Å². The zero-order valence-electron chi connectivity index (χ0n) is 19.9. The highest BCUT2D eigenvalue weighted by molar-refractivity contribution is 5.82. The first kappa shape index (κ1) is 25.2. The molecular formula is C23H30N4O7. The van der Waals surface area contributed by atoms with Crippen molar-refractivity contribution in [3.8, 4) is 0 Å². The van der Waals surface area contributed by atoms with E-state index in [0.717, 1.165) is 5.56 Å². The Labute approximate surface area is 196 Å². The minimum atomic E-state index is -1.15. The van der Waals surface area contributed by atoms with E-state index in [9.17, 15) is 19.2 Å². The van der Waals surface area contributed by atoms with Crippen LogP contribution >= 0.6 is 0 Å². The number of benzene rings is 1. The SMILES string of the molecule is COC(=O)[C@H](NC(=O)OC(C)(C)C)[C@@H]1C[C@H](n2cc(C)c(=O)[nH]c2=O)ON1Cc1ccccc1. The van der Waals surface area contributed by atoms with Gasteiger partial charge in [0.1, 0.15) is 11.6 Å². The molecule has 3 rings (SSSR count). The number of carbonyl (C=O) groups excluding carboxylic acids is 2. The van der Waals surface area contributed by atoms with E-state index in [4.69, 9.17) is 14.3 Å². The van der Waals surface area contributed by atoms with Crippen molar-refractivity contribution in [2.75, 3.05) is 7.11 Å². The van der Waals surface area contributed by atoms with Crippen LogP contribution in [0.2, 0.25) is 0 Å². The van der Waals surface area contributed by atoms with Gasteiger partial charge in [0.15, 0.2) is 6.23 Å². The van der Waals surface area contributed by atoms with Crippen LogP contribution in [-0.4, -0.2) is 51.5 Å². The number of H-pyrrole nitrogens is 1. The Hall–Kier alpha value is -3.44. The Balaban J connectivity index is 1.95. The highest BCUT2D eigenvalue weighted by atomic mass is 16.7. The predicted octanol–water partition coefficient (Wildman–Crippen LogP) is 1.62. The van der Waals surface area contributed by atoms with Gasteiger partial charge in [-0.15, -0.1) is 0 Å². The molecule has 2 N–H and O–H groups in total. The molecule has 0 aliphatic carbocycles. The first-order valence-electron chi connectivity index (χ1n) is 10.8. The second kappa shape index (κ2) is 10.2. The Morgan fingerprint density at radius 2 is 1.91 bits per heavy atom. The molecule has 0 bridgehead atoms. The Morgan fingerprint density at radius 3 is 2.53 bits per heavy atom. The highest BCUT2D eigenvalue weighted by Crippen LogP contribution is 2.32. The molecule has 1 amide bonds. The van der Waals surface area contributed by atoms with Crippen LogP contribution in [0.25, 0.3) is 0 Å². The molecule has 0 radical (unpaired) electrons. The fourth-order valence-electron chi connectivity index (χ4n) is 3.66. The van der Waals surface area contributed by atoms with Gasteiger partial charge in [-0.05, 0) is 33.3 Å². The molecule has 1 saturated heterocycles. The number of hydroxylamine groups is 2. The molecule has 0 unspecified atom stereocenters. The number of ether oxygens (including phenoxy) is 2. The molecule has 1 fully saturated rings. The average Bonchev–Trinajstić information content (AvgIpc) is 3.16. The van der Waals surface area contributed by atoms with Crippen molar-refractivity contribution in [2.24, 2.45) is 0 Å². The van der Waals surface area contributed by atoms with Crippen LogP contribution in [0.5, 0.6) is 0 Å². The fourth-order valence-corrected chi connectivity index (χ4v) is 3.66. The van der Waals surface area contributed by atoms with E-state index in [2.05, 4.69) is 10.3 Å². The molecule has 3 atom stereocenters. The van der Waals surface area contributed by atoms with Crippen molar-refractivity contribution in [3.05, 3.63) is 68.5 Å². The number of nitrogens with one attached hydrogen (secondary N) is 2. The van der Waals surface area contributed by atoms with Crippen molar-refractivity contribution in [2.45, 2.75) is 64.6 Å². The monoisotopic (exact) mass is 474 g/mol. The van der Waals surface area contributed by atoms with Crippen LogP contribution < -0.4 is 16.6 Å². The van der Waals surface area contributed by atoms with Crippen molar-refractivity contribution in [3.63, 3.8) is 0 Å². The maximum Gasteiger partial charge on any atom is 0.408 e. The lowest BCUT2D eigenvalue weighted by Gasteiger charge is -2.29. The topological polar surface area (TPSA) is 132 Å². The van der Waals surface area contributed by atoms with Crippen molar-refractivity contribution in [1.29, 1.82) is 0 Å². The molecule has 0 saturated carbocycles. The summed E-state index contributed by atoms with van der Waals surface area (Å²) in [5, 5.41) is 4.12. The maximum absolute atomic E-state index is 12.7. The molecule has 11 nitrogen and oxygen atoms in total. The quantitative estimate of drug-likeness (QED) is 0.604. The minimum absolute atomic E-state index is 0.147. The molecule has 11 heteroatoms. The molecule has 1 aliphatic heterocycles. The number of methoxy groups -OCH3 is 1. The lowest BCUT2D eigenvalue weighted by molar-refractivity contribution is -0.196. The van der Waals surface area contributed by atoms with Crippen LogP contribution in [0.15, 0.2) is 46.1 Å². The second-order valence-electron chi connectivity index (χ2n) is 9.05. The summed E-state index contributed by atoms with van der Waals surface area (Å²) in [5.74, 6) is -0.692. The maximum atomic E-state index is 12.7. The van der Waals surface area contributed by atoms with E-state index in [1.165, 1.54) is 22.9 Å². The van der Waals surface area contributed by atoms with Crippen LogP contribution in [0.3, 0.4) is 0 Å². The van der Waals surface area contributed by atoms with Crippen LogP contribution in [0.1, 0.15) is 44.5 Å². The smallest absolute Gasteiger partial charge is 0.408 e. The van der Waals surface area contributed by atoms with Gasteiger partial charge >= 0.3 is 17.8 Å². The number of aryl methyl sites for hydroxylation is 1. The molecule has 2 heterocycles. The summed E-state index contributed by atoms with van der Waals surface area (Å²) in [4.78, 5) is 57.8. The number of hydrogen-bond acceptors (Lipinski definition) is 8. The van der Waals surface area contributed by atoms with E-state index in [1.807, 2.05) is 30.3 Å². The van der Waals surface area contributed by atoms with E-state index in [0.29, 0.717) is 5.56 Å². The van der Waals surface area contributed by atoms with Crippen LogP contribution in [-0.2, 0) is 25.7 Å². The summed E-state index contributed by atoms with van der Waals surface area (Å²) in [6, 6.07) is 7.53. The van der Waals surface area contributed by atoms with Crippen LogP contribution in [0.4, 0.5) is 4.79 Å². The van der Waals surface area contributed by atoms with E-state index >= 15 is 0 Å². The van der Waals surface area contributed by atoms with Gasteiger partial charge in [0, 0.05) is 24.7 Å². The highest BCUT2D eigenvalue weighted by Gasteiger charge is 2.44. The Bertz CT molecular complexity index is 1140. The number of aromatic nitrogens is 2. The third-order valence-electron chi connectivity index (χ3n) is 5.22. The van der Waals surface area contributed by atoms with Crippen molar-refractivity contribution < 1.29 is 23.9 Å². The van der Waals surface area contributed by atoms with Gasteiger partial charge in [0.25, 0.3) is 5.56 Å². The molecule has 34 heavy (non-hydrogen) atoms. The van der Waals surface area contributed by atoms with E-state index < -0.39 is 47.2 Å². The number of aromatic amines is 1. The minimum Gasteiger partial charge on any atom is -0.467 e. The molecule has 1 aromatic carbocycles. The Kier molecular flexibility index (Phi) is 7.57. The number of hydrogen-bond donors (Lipinski definition) is 2. The van der Waals surface area contributed by atoms with E-state index in [-0.39, 0.29) is 13.0 Å². The summed E-state index contributed by atoms with van der Waals surface area (Å²) in [5.41, 5.74) is -0.687. The summed E-state index contributed by atoms with van der Waals surface area (Å²) in [7, 11) is 1.22. The summed E-state index contributed by atoms with van der Waals surface area (Å²) in [6.07, 6.45) is -0.0654. The first-order chi connectivity index (χ1) is 16.0. The number of alkyl carbamates (subject to hydrolysis) is 1. The normalized spacial score (nSPS) is 19.4. The largest absolute Gasteiger partial charge is 0.467 e. The van der Waals surface area contributed by atoms with Crippen molar-refractivity contribution >= 4 is 12.1 Å². The van der Waals surface area contributed by atoms with Gasteiger partial charge in [-0.3, -0.25) is 19.2 Å². The molecule has 1 aromatic heterocycles. The zero-order valence-corrected chi connectivity index (χ0v) is 19.9. The number of nitrogens with zero attached hydrogens (tertiary/aromatic N) is 2. The van der Waals surface area contributed by atoms with Gasteiger partial charge in [-0.1, -0.05) is 30.3 Å². The van der Waals surface area contributed by atoms with Gasteiger partial charge in [-0.25, -0.2) is 14.4 Å². The number of rotatable bonds is 6. The molecular weight excluding hydrogens is 444 g/mol. The lowest BCUT2D eigenvalue weighted by atomic mass is 10.0. The average molecular weight is 475 g/mol. The molecule has 184 valence electrons. The fraction of sp³-hybridized carbons (Fsp3) is 0.478. The molecule has 1 aliphatic rings. The summed E-state index contributed by atoms with van der Waals surface area (Å²) >= 11 is 0. The Morgan fingerprint density at radius 1 is 1.24 bits per heavy atom. The standard InChI is InChI=1S/C23H30N4O7/c1-14-12-26(21(30)25-19(14)28)17-11-16(27(34-17)13-15-9-7-6-8-10-15)18(20(29)32-5)24-22(31)33-23(2,3)4/h6-10,12,16-18H,11,13H2,1-5H3,(H,24,31)(H,25,28,30)/t16-,17+,18+/m0/s1. The van der Waals surface area contributed by atoms with Gasteiger partial charge in [0.05, 0.1) is 13.2 Å².